The van der Waals surface area contributed by atoms with Gasteiger partial charge in [-0.3, -0.25) is 4.79 Å². The van der Waals surface area contributed by atoms with Crippen molar-refractivity contribution in [3.05, 3.63) is 24.3 Å². The van der Waals surface area contributed by atoms with E-state index >= 15 is 0 Å². The number of imidazole rings is 1. The van der Waals surface area contributed by atoms with Crippen LogP contribution in [-0.4, -0.2) is 47.2 Å². The van der Waals surface area contributed by atoms with E-state index in [4.69, 9.17) is 5.11 Å². The number of H-pyrrole nitrogens is 1. The molecule has 1 aromatic carbocycles. The zero-order chi connectivity index (χ0) is 14.7. The Labute approximate surface area is 123 Å². The Hall–Kier alpha value is -2.08. The van der Waals surface area contributed by atoms with Gasteiger partial charge in [0.15, 0.2) is 0 Å². The van der Waals surface area contributed by atoms with Crippen LogP contribution in [0.1, 0.15) is 12.8 Å². The van der Waals surface area contributed by atoms with Gasteiger partial charge in [0.1, 0.15) is 0 Å². The zero-order valence-electron chi connectivity index (χ0n) is 11.9. The van der Waals surface area contributed by atoms with Crippen LogP contribution in [0.15, 0.2) is 24.3 Å². The number of carboxylic acid groups (broad SMARTS) is 1. The van der Waals surface area contributed by atoms with E-state index in [0.717, 1.165) is 49.5 Å². The van der Waals surface area contributed by atoms with E-state index in [1.807, 2.05) is 24.3 Å². The van der Waals surface area contributed by atoms with Crippen molar-refractivity contribution < 1.29 is 9.90 Å². The molecule has 0 radical (unpaired) electrons. The molecule has 1 atom stereocenters. The van der Waals surface area contributed by atoms with E-state index in [0.29, 0.717) is 5.92 Å². The lowest BCUT2D eigenvalue weighted by Crippen LogP contribution is -2.41. The monoisotopic (exact) mass is 288 g/mol. The van der Waals surface area contributed by atoms with Crippen LogP contribution < -0.4 is 10.2 Å². The van der Waals surface area contributed by atoms with Gasteiger partial charge in [0, 0.05) is 19.6 Å². The second-order valence-corrected chi connectivity index (χ2v) is 5.56. The van der Waals surface area contributed by atoms with E-state index in [2.05, 4.69) is 20.2 Å². The molecule has 1 fully saturated rings. The number of fused-ring (bicyclic) bond motifs is 1. The molecule has 2 aromatic rings. The van der Waals surface area contributed by atoms with Gasteiger partial charge in [0.25, 0.3) is 0 Å². The minimum atomic E-state index is -0.806. The number of anilines is 1. The van der Waals surface area contributed by atoms with Gasteiger partial charge in [-0.25, -0.2) is 4.98 Å². The molecule has 3 N–H and O–H groups in total. The van der Waals surface area contributed by atoms with Crippen LogP contribution in [0.4, 0.5) is 5.95 Å². The minimum Gasteiger partial charge on any atom is -0.480 e. The molecule has 2 heterocycles. The predicted molar refractivity (Wildman–Crippen MR) is 81.5 cm³/mol. The average molecular weight is 288 g/mol. The molecule has 1 aromatic heterocycles. The first-order valence-corrected chi connectivity index (χ1v) is 7.34. The van der Waals surface area contributed by atoms with Gasteiger partial charge in [-0.1, -0.05) is 12.1 Å². The van der Waals surface area contributed by atoms with E-state index in [-0.39, 0.29) is 6.54 Å². The summed E-state index contributed by atoms with van der Waals surface area (Å²) in [5.41, 5.74) is 2.04. The largest absolute Gasteiger partial charge is 0.480 e. The lowest BCUT2D eigenvalue weighted by molar-refractivity contribution is -0.136. The standard InChI is InChI=1S/C15H20N4O2/c20-14(21)9-16-8-11-4-3-7-19(10-11)15-17-12-5-1-2-6-13(12)18-15/h1-2,5-6,11,16H,3-4,7-10H2,(H,17,18)(H,20,21). The molecule has 0 saturated carbocycles. The number of nitrogens with zero attached hydrogens (tertiary/aromatic N) is 2. The summed E-state index contributed by atoms with van der Waals surface area (Å²) in [6, 6.07) is 8.02. The van der Waals surface area contributed by atoms with Gasteiger partial charge in [-0.05, 0) is 30.9 Å². The number of hydrogen-bond acceptors (Lipinski definition) is 4. The quantitative estimate of drug-likeness (QED) is 0.776. The van der Waals surface area contributed by atoms with Crippen molar-refractivity contribution in [3.8, 4) is 0 Å². The van der Waals surface area contributed by atoms with Crippen molar-refractivity contribution in [2.75, 3.05) is 31.1 Å². The molecule has 1 saturated heterocycles. The lowest BCUT2D eigenvalue weighted by atomic mass is 9.98. The number of carbonyl (C=O) groups is 1. The van der Waals surface area contributed by atoms with E-state index < -0.39 is 5.97 Å². The van der Waals surface area contributed by atoms with Crippen LogP contribution in [0.5, 0.6) is 0 Å². The van der Waals surface area contributed by atoms with Gasteiger partial charge in [-0.2, -0.15) is 0 Å². The molecule has 1 aliphatic heterocycles. The maximum atomic E-state index is 10.5. The van der Waals surface area contributed by atoms with Crippen molar-refractivity contribution >= 4 is 23.0 Å². The summed E-state index contributed by atoms with van der Waals surface area (Å²) >= 11 is 0. The van der Waals surface area contributed by atoms with Crippen molar-refractivity contribution in [1.82, 2.24) is 15.3 Å². The first-order valence-electron chi connectivity index (χ1n) is 7.34. The normalized spacial score (nSPS) is 19.0. The number of benzene rings is 1. The SMILES string of the molecule is O=C(O)CNCC1CCCN(c2nc3ccccc3[nH]2)C1. The second-order valence-electron chi connectivity index (χ2n) is 5.56. The third-order valence-corrected chi connectivity index (χ3v) is 3.90. The number of aromatic nitrogens is 2. The Kier molecular flexibility index (Phi) is 4.06. The number of para-hydroxylation sites is 2. The number of piperidine rings is 1. The fourth-order valence-electron chi connectivity index (χ4n) is 2.90. The molecular weight excluding hydrogens is 268 g/mol. The Morgan fingerprint density at radius 2 is 2.33 bits per heavy atom. The fraction of sp³-hybridized carbons (Fsp3) is 0.467. The molecular formula is C15H20N4O2. The maximum absolute atomic E-state index is 10.5. The molecule has 1 aliphatic rings. The van der Waals surface area contributed by atoms with Gasteiger partial charge in [0.05, 0.1) is 17.6 Å². The van der Waals surface area contributed by atoms with Crippen molar-refractivity contribution in [2.45, 2.75) is 12.8 Å². The van der Waals surface area contributed by atoms with Crippen LogP contribution in [0.3, 0.4) is 0 Å². The summed E-state index contributed by atoms with van der Waals surface area (Å²) in [5.74, 6) is 0.574. The molecule has 6 nitrogen and oxygen atoms in total. The highest BCUT2D eigenvalue weighted by Gasteiger charge is 2.22. The Morgan fingerprint density at radius 3 is 3.14 bits per heavy atom. The summed E-state index contributed by atoms with van der Waals surface area (Å²) in [7, 11) is 0. The van der Waals surface area contributed by atoms with Crippen molar-refractivity contribution in [2.24, 2.45) is 5.92 Å². The van der Waals surface area contributed by atoms with Gasteiger partial charge in [-0.15, -0.1) is 0 Å². The van der Waals surface area contributed by atoms with Gasteiger partial charge >= 0.3 is 5.97 Å². The van der Waals surface area contributed by atoms with Crippen molar-refractivity contribution in [3.63, 3.8) is 0 Å². The van der Waals surface area contributed by atoms with E-state index in [9.17, 15) is 4.79 Å². The molecule has 6 heteroatoms. The molecule has 112 valence electrons. The molecule has 0 aliphatic carbocycles. The number of hydrogen-bond donors (Lipinski definition) is 3. The first kappa shape index (κ1) is 13.9. The first-order chi connectivity index (χ1) is 10.2. The van der Waals surface area contributed by atoms with E-state index in [1.165, 1.54) is 0 Å². The predicted octanol–water partition coefficient (Wildman–Crippen LogP) is 1.45. The molecule has 1 unspecified atom stereocenters. The number of aliphatic carboxylic acids is 1. The topological polar surface area (TPSA) is 81.2 Å². The molecule has 0 bridgehead atoms. The van der Waals surface area contributed by atoms with E-state index in [1.54, 1.807) is 0 Å². The summed E-state index contributed by atoms with van der Waals surface area (Å²) in [6.07, 6.45) is 2.24. The highest BCUT2D eigenvalue weighted by Crippen LogP contribution is 2.23. The summed E-state index contributed by atoms with van der Waals surface area (Å²) in [4.78, 5) is 20.8. The maximum Gasteiger partial charge on any atom is 0.317 e. The molecule has 0 spiro atoms. The number of carboxylic acids is 1. The zero-order valence-corrected chi connectivity index (χ0v) is 11.9. The van der Waals surface area contributed by atoms with Crippen LogP contribution in [0.2, 0.25) is 0 Å². The van der Waals surface area contributed by atoms with Crippen LogP contribution in [0.25, 0.3) is 11.0 Å². The van der Waals surface area contributed by atoms with Gasteiger partial charge < -0.3 is 20.3 Å². The third-order valence-electron chi connectivity index (χ3n) is 3.90. The minimum absolute atomic E-state index is 0.0289. The summed E-state index contributed by atoms with van der Waals surface area (Å²) < 4.78 is 0. The lowest BCUT2D eigenvalue weighted by Gasteiger charge is -2.32. The highest BCUT2D eigenvalue weighted by atomic mass is 16.4. The number of nitrogens with one attached hydrogen (secondary N) is 2. The summed E-state index contributed by atoms with van der Waals surface area (Å²) in [5, 5.41) is 11.7. The Bertz CT molecular complexity index is 592. The summed E-state index contributed by atoms with van der Waals surface area (Å²) in [6.45, 7) is 2.67. The van der Waals surface area contributed by atoms with Crippen LogP contribution >= 0.6 is 0 Å². The van der Waals surface area contributed by atoms with Crippen molar-refractivity contribution in [1.29, 1.82) is 0 Å². The molecule has 21 heavy (non-hydrogen) atoms. The smallest absolute Gasteiger partial charge is 0.317 e. The van der Waals surface area contributed by atoms with Crippen LogP contribution in [-0.2, 0) is 4.79 Å². The van der Waals surface area contributed by atoms with Gasteiger partial charge in [0.2, 0.25) is 5.95 Å². The average Bonchev–Trinajstić information content (AvgIpc) is 2.91. The second kappa shape index (κ2) is 6.13. The highest BCUT2D eigenvalue weighted by molar-refractivity contribution is 5.77. The third kappa shape index (κ3) is 3.33. The van der Waals surface area contributed by atoms with Crippen LogP contribution in [0, 0.1) is 5.92 Å². The number of rotatable bonds is 5. The molecule has 3 rings (SSSR count). The Balaban J connectivity index is 1.63. The number of aromatic amines is 1. The molecule has 0 amide bonds. The fourth-order valence-corrected chi connectivity index (χ4v) is 2.90. The Morgan fingerprint density at radius 1 is 1.48 bits per heavy atom.